The zero-order chi connectivity index (χ0) is 94.6. The number of aliphatic hydroxyl groups excluding tert-OH is 28. The summed E-state index contributed by atoms with van der Waals surface area (Å²) in [7, 11) is 0. The smallest absolute Gasteiger partial charge is 0.364 e. The Kier molecular flexibility index (Phi) is 37.4. The van der Waals surface area contributed by atoms with Crippen molar-refractivity contribution in [3.05, 3.63) is 0 Å². The van der Waals surface area contributed by atoms with Crippen molar-refractivity contribution in [2.24, 2.45) is 0 Å². The van der Waals surface area contributed by atoms with Crippen LogP contribution in [-0.4, -0.2) is 550 Å². The molecule has 10 aliphatic heterocycles. The summed E-state index contributed by atoms with van der Waals surface area (Å²) in [5, 5.41) is 333. The molecule has 0 saturated carbocycles. The zero-order valence-corrected chi connectivity index (χ0v) is 68.7. The van der Waals surface area contributed by atoms with E-state index in [4.69, 9.17) is 90.0 Å². The second-order valence-corrected chi connectivity index (χ2v) is 32.4. The summed E-state index contributed by atoms with van der Waals surface area (Å²) >= 11 is 0. The van der Waals surface area contributed by atoms with E-state index in [-0.39, 0.29) is 0 Å². The zero-order valence-electron chi connectivity index (χ0n) is 68.7. The average Bonchev–Trinajstić information content (AvgIpc) is 0.752. The SMILES string of the molecule is CC(=O)N[C@@H]1[C@@H](O)[C@H](O[C@H]2O[C@H](CO)[C@@H](O[C@@H]3O[C@H](CO[C@H]4O[C@H](CO)[C@@H](O)[C@H](O[C@H]5O[C@H](CO)[C@@H](O)[C@H](O)[C@@H]5O)[C@@H]4O)[C@@H](O)[C@H](O[C@H]4O[C@H](CO)[C@@H](O)[C@H](O)[C@@H]4O[C@@H]4O[C@H](CO)[C@@H](O[C@@H]5O[C@H](CO)[C@H](O)[C@H](O[C@]6(C(=O)O)C[C@H](O)[C@@H](NC(C)=O)[C@H]([C@H](O)[C@H](O)CO)O6)[C@H]5O)[C@H](O)[C@H]4NC(C)=O)[C@@H]3O)[C@H](O)[C@H]2NC(C)=O)[C@@H](CO[C@H]2O[C@H](C)[C@H](O)[C@H](O)[C@H]2O)O[C@H]1O. The van der Waals surface area contributed by atoms with Crippen LogP contribution in [0.1, 0.15) is 41.0 Å². The van der Waals surface area contributed by atoms with Crippen molar-refractivity contribution in [1.82, 2.24) is 21.3 Å². The van der Waals surface area contributed by atoms with Gasteiger partial charge < -0.3 is 259 Å². The van der Waals surface area contributed by atoms with Crippen LogP contribution in [0.15, 0.2) is 0 Å². The van der Waals surface area contributed by atoms with Gasteiger partial charge in [-0.05, 0) is 6.92 Å². The van der Waals surface area contributed by atoms with Crippen LogP contribution in [0.3, 0.4) is 0 Å². The number of carboxylic acids is 1. The van der Waals surface area contributed by atoms with E-state index in [2.05, 4.69) is 21.3 Å². The van der Waals surface area contributed by atoms with E-state index in [1.54, 1.807) is 0 Å². The Morgan fingerprint density at radius 1 is 0.336 bits per heavy atom. The number of ether oxygens (including phenoxy) is 19. The lowest BCUT2D eigenvalue weighted by Gasteiger charge is -2.51. The standard InChI is InChI=1S/C71H118N4O53/c1-16-35(89)45(99)48(102)64(112-16)111-15-30-55(42(96)32(61(107)113-30)73-18(3)84)121-62-33(74-19(4)85)43(97)53(27(12-81)118-62)122-67-51(105)58(41(95)29(120-67)14-110-65-50(104)57(39(93)25(10-79)114-65)124-66-49(103)46(100)37(91)23(8-77)115-66)125-69-60(47(101)38(92)24(9-78)117-69)126-63-34(75-20(5)86)44(98)54(28(13-82)119-63)123-68-52(106)59(40(94)26(11-80)116-68)128-71(70(108)109)6-21(87)31(72-17(2)83)56(127-71)36(90)22(88)7-76/h16,21-69,76-82,87-107H,6-15H2,1-5H3,(H,72,83)(H,73,84)(H,74,85)(H,75,86)(H,108,109)/t16-,21+,22-,23-,24-,25-,26-,27-,28-,29-,30-,31-,32-,33-,34-,35+,36-,37-,38-,39-,40+,41-,42-,43-,44-,45+,46+,47+,48-,49+,50+,51+,52-,53-,54-,55-,56-,57+,58+,59+,60+,61-,62-,63+,64+,65+,66-,67+,68+,69-,71+/m1/s1. The van der Waals surface area contributed by atoms with Crippen molar-refractivity contribution >= 4 is 29.6 Å². The monoisotopic (exact) mass is 1870 g/mol. The number of hydrogen-bond donors (Lipinski definition) is 33. The lowest BCUT2D eigenvalue weighted by atomic mass is 9.88. The van der Waals surface area contributed by atoms with Gasteiger partial charge in [0.25, 0.3) is 5.79 Å². The van der Waals surface area contributed by atoms with Crippen LogP contribution in [-0.2, 0) is 114 Å². The minimum Gasteiger partial charge on any atom is -0.477 e. The van der Waals surface area contributed by atoms with Gasteiger partial charge in [0.1, 0.15) is 232 Å². The minimum absolute atomic E-state index is 0.853. The molecule has 0 radical (unpaired) electrons. The molecule has 33 N–H and O–H groups in total. The van der Waals surface area contributed by atoms with Gasteiger partial charge in [0, 0.05) is 34.1 Å². The van der Waals surface area contributed by atoms with Crippen LogP contribution in [0, 0.1) is 0 Å². The molecule has 0 aromatic rings. The summed E-state index contributed by atoms with van der Waals surface area (Å²) in [6, 6.07) is -7.70. The molecule has 10 aliphatic rings. The number of carbonyl (C=O) groups is 5. The largest absolute Gasteiger partial charge is 0.477 e. The van der Waals surface area contributed by atoms with Crippen molar-refractivity contribution in [3.8, 4) is 0 Å². The summed E-state index contributed by atoms with van der Waals surface area (Å²) in [6.07, 6.45) is -100. The third kappa shape index (κ3) is 23.1. The molecule has 51 atom stereocenters. The number of nitrogens with one attached hydrogen (secondary N) is 4. The van der Waals surface area contributed by atoms with E-state index in [0.717, 1.165) is 27.7 Å². The van der Waals surface area contributed by atoms with Crippen LogP contribution < -0.4 is 21.3 Å². The van der Waals surface area contributed by atoms with Crippen LogP contribution in [0.5, 0.6) is 0 Å². The fourth-order valence-corrected chi connectivity index (χ4v) is 16.5. The van der Waals surface area contributed by atoms with Crippen molar-refractivity contribution in [3.63, 3.8) is 0 Å². The van der Waals surface area contributed by atoms with Gasteiger partial charge in [-0.15, -0.1) is 0 Å². The number of aliphatic hydroxyl groups is 28. The average molecular weight is 1880 g/mol. The maximum Gasteiger partial charge on any atom is 0.364 e. The first-order chi connectivity index (χ1) is 60.3. The number of carbonyl (C=O) groups excluding carboxylic acids is 4. The molecule has 0 aromatic carbocycles. The Balaban J connectivity index is 0.956. The van der Waals surface area contributed by atoms with E-state index >= 15 is 0 Å². The van der Waals surface area contributed by atoms with E-state index in [0.29, 0.717) is 0 Å². The van der Waals surface area contributed by atoms with Gasteiger partial charge >= 0.3 is 5.97 Å². The lowest BCUT2D eigenvalue weighted by Crippen LogP contribution is -2.71. The Bertz CT molecular complexity index is 3530. The number of amides is 4. The Hall–Kier alpha value is -4.53. The van der Waals surface area contributed by atoms with Crippen LogP contribution in [0.4, 0.5) is 0 Å². The molecule has 0 bridgehead atoms. The van der Waals surface area contributed by atoms with Crippen molar-refractivity contribution in [1.29, 1.82) is 0 Å². The number of aliphatic carboxylic acids is 1. The second-order valence-electron chi connectivity index (χ2n) is 32.4. The quantitative estimate of drug-likeness (QED) is 0.0284. The number of hydrogen-bond acceptors (Lipinski definition) is 52. The van der Waals surface area contributed by atoms with Gasteiger partial charge in [0.2, 0.25) is 23.6 Å². The lowest BCUT2D eigenvalue weighted by molar-refractivity contribution is -0.400. The molecule has 10 rings (SSSR count). The third-order valence-electron chi connectivity index (χ3n) is 23.4. The molecule has 57 heteroatoms. The van der Waals surface area contributed by atoms with Gasteiger partial charge in [-0.2, -0.15) is 0 Å². The van der Waals surface area contributed by atoms with Crippen LogP contribution >= 0.6 is 0 Å². The van der Waals surface area contributed by atoms with Crippen molar-refractivity contribution < 1.29 is 262 Å². The highest BCUT2D eigenvalue weighted by atomic mass is 16.8. The van der Waals surface area contributed by atoms with Gasteiger partial charge in [-0.3, -0.25) is 19.2 Å². The van der Waals surface area contributed by atoms with Gasteiger partial charge in [0.05, 0.1) is 77.7 Å². The molecule has 57 nitrogen and oxygen atoms in total. The number of rotatable bonds is 34. The topological polar surface area (TPSA) is 896 Å². The maximum atomic E-state index is 13.3. The van der Waals surface area contributed by atoms with Crippen LogP contribution in [0.25, 0.3) is 0 Å². The summed E-state index contributed by atoms with van der Waals surface area (Å²) in [4.78, 5) is 64.5. The molecule has 10 fully saturated rings. The molecule has 4 amide bonds. The van der Waals surface area contributed by atoms with E-state index in [1.165, 1.54) is 6.92 Å². The molecule has 0 spiro atoms. The summed E-state index contributed by atoms with van der Waals surface area (Å²) in [5.41, 5.74) is 0. The van der Waals surface area contributed by atoms with E-state index in [1.807, 2.05) is 0 Å². The van der Waals surface area contributed by atoms with E-state index < -0.39 is 408 Å². The highest BCUT2D eigenvalue weighted by Crippen LogP contribution is 2.43. The van der Waals surface area contributed by atoms with Gasteiger partial charge in [0.15, 0.2) is 56.6 Å². The molecule has 128 heavy (non-hydrogen) atoms. The van der Waals surface area contributed by atoms with Gasteiger partial charge in [-0.25, -0.2) is 4.79 Å². The first-order valence-corrected chi connectivity index (χ1v) is 40.6. The first-order valence-electron chi connectivity index (χ1n) is 40.6. The Morgan fingerprint density at radius 3 is 1.17 bits per heavy atom. The normalized spacial score (nSPS) is 48.4. The van der Waals surface area contributed by atoms with Crippen LogP contribution in [0.2, 0.25) is 0 Å². The molecule has 10 saturated heterocycles. The maximum absolute atomic E-state index is 13.3. The van der Waals surface area contributed by atoms with Crippen molar-refractivity contribution in [2.45, 2.75) is 353 Å². The highest BCUT2D eigenvalue weighted by Gasteiger charge is 2.64. The fraction of sp³-hybridized carbons (Fsp3) is 0.930. The third-order valence-corrected chi connectivity index (χ3v) is 23.4. The predicted octanol–water partition coefficient (Wildman–Crippen LogP) is -22.0. The Morgan fingerprint density at radius 2 is 0.680 bits per heavy atom. The summed E-state index contributed by atoms with van der Waals surface area (Å²) < 4.78 is 112. The predicted molar refractivity (Wildman–Crippen MR) is 392 cm³/mol. The fourth-order valence-electron chi connectivity index (χ4n) is 16.5. The van der Waals surface area contributed by atoms with Crippen molar-refractivity contribution in [2.75, 3.05) is 59.5 Å². The first kappa shape index (κ1) is 106. The second kappa shape index (κ2) is 45.4. The molecule has 740 valence electrons. The summed E-state index contributed by atoms with van der Waals surface area (Å²) in [6.45, 7) is -5.48. The highest BCUT2D eigenvalue weighted by molar-refractivity contribution is 5.77. The number of carboxylic acid groups (broad SMARTS) is 1. The van der Waals surface area contributed by atoms with E-state index in [9.17, 15) is 172 Å². The Labute approximate surface area is 723 Å². The summed E-state index contributed by atoms with van der Waals surface area (Å²) in [5.74, 6) is -9.30. The molecule has 0 aliphatic carbocycles. The molecular formula is C71H118N4O53. The van der Waals surface area contributed by atoms with Gasteiger partial charge in [-0.1, -0.05) is 0 Å². The molecule has 0 aromatic heterocycles. The molecular weight excluding hydrogens is 1760 g/mol. The molecule has 0 unspecified atom stereocenters. The minimum atomic E-state index is -3.32. The molecule has 10 heterocycles.